The molecule has 4 nitrogen and oxygen atoms in total. The lowest BCUT2D eigenvalue weighted by Crippen LogP contribution is -2.22. The first kappa shape index (κ1) is 16.9. The molecule has 0 amide bonds. The van der Waals surface area contributed by atoms with Crippen molar-refractivity contribution in [2.24, 2.45) is 5.73 Å². The van der Waals surface area contributed by atoms with Gasteiger partial charge in [0.15, 0.2) is 0 Å². The summed E-state index contributed by atoms with van der Waals surface area (Å²) < 4.78 is 0. The molecule has 4 heteroatoms. The van der Waals surface area contributed by atoms with Gasteiger partial charge in [-0.3, -0.25) is 0 Å². The molecule has 0 saturated carbocycles. The molecule has 3 aromatic carbocycles. The highest BCUT2D eigenvalue weighted by Crippen LogP contribution is 2.40. The van der Waals surface area contributed by atoms with Gasteiger partial charge < -0.3 is 21.1 Å². The lowest BCUT2D eigenvalue weighted by atomic mass is 9.82. The first-order valence-electron chi connectivity index (χ1n) is 8.16. The van der Waals surface area contributed by atoms with Gasteiger partial charge in [-0.2, -0.15) is 0 Å². The fraction of sp³-hybridized carbons (Fsp3) is 0.143. The number of hydrogen-bond donors (Lipinski definition) is 4. The van der Waals surface area contributed by atoms with Crippen LogP contribution in [-0.4, -0.2) is 15.3 Å². The third kappa shape index (κ3) is 3.59. The SMILES string of the molecule is NC(c1ccccc1O)C(Cc1ccccc1O)c1ccccc1O. The zero-order valence-electron chi connectivity index (χ0n) is 13.7. The van der Waals surface area contributed by atoms with Crippen LogP contribution in [0.5, 0.6) is 17.2 Å². The van der Waals surface area contributed by atoms with E-state index in [1.807, 2.05) is 30.3 Å². The number of para-hydroxylation sites is 3. The summed E-state index contributed by atoms with van der Waals surface area (Å²) in [6.45, 7) is 0. The predicted molar refractivity (Wildman–Crippen MR) is 97.7 cm³/mol. The minimum absolute atomic E-state index is 0.118. The van der Waals surface area contributed by atoms with Crippen LogP contribution in [0.4, 0.5) is 0 Å². The summed E-state index contributed by atoms with van der Waals surface area (Å²) in [6.07, 6.45) is 0.430. The van der Waals surface area contributed by atoms with E-state index >= 15 is 0 Å². The topological polar surface area (TPSA) is 86.7 Å². The summed E-state index contributed by atoms with van der Waals surface area (Å²) in [5.74, 6) is 0.136. The van der Waals surface area contributed by atoms with E-state index in [2.05, 4.69) is 0 Å². The van der Waals surface area contributed by atoms with Crippen LogP contribution in [0.2, 0.25) is 0 Å². The molecule has 25 heavy (non-hydrogen) atoms. The standard InChI is InChI=1S/C21H21NO3/c22-21(16-9-3-6-12-20(16)25)17(15-8-2-5-11-19(15)24)13-14-7-1-4-10-18(14)23/h1-12,17,21,23-25H,13,22H2. The molecule has 0 saturated heterocycles. The Labute approximate surface area is 146 Å². The Morgan fingerprint density at radius 1 is 0.640 bits per heavy atom. The van der Waals surface area contributed by atoms with Crippen LogP contribution in [0, 0.1) is 0 Å². The number of aromatic hydroxyl groups is 3. The normalized spacial score (nSPS) is 13.3. The monoisotopic (exact) mass is 335 g/mol. The molecule has 3 rings (SSSR count). The van der Waals surface area contributed by atoms with Gasteiger partial charge in [-0.05, 0) is 35.7 Å². The van der Waals surface area contributed by atoms with E-state index in [-0.39, 0.29) is 23.2 Å². The summed E-state index contributed by atoms with van der Waals surface area (Å²) in [5.41, 5.74) is 8.51. The van der Waals surface area contributed by atoms with Gasteiger partial charge in [-0.15, -0.1) is 0 Å². The van der Waals surface area contributed by atoms with E-state index in [0.717, 1.165) is 5.56 Å². The van der Waals surface area contributed by atoms with Crippen LogP contribution in [0.15, 0.2) is 72.8 Å². The maximum Gasteiger partial charge on any atom is 0.120 e. The van der Waals surface area contributed by atoms with E-state index in [1.165, 1.54) is 0 Å². The van der Waals surface area contributed by atoms with Gasteiger partial charge in [0.1, 0.15) is 17.2 Å². The average Bonchev–Trinajstić information content (AvgIpc) is 2.62. The summed E-state index contributed by atoms with van der Waals surface area (Å²) in [6, 6.07) is 20.5. The maximum absolute atomic E-state index is 10.3. The van der Waals surface area contributed by atoms with Crippen molar-refractivity contribution < 1.29 is 15.3 Å². The van der Waals surface area contributed by atoms with Gasteiger partial charge in [0, 0.05) is 17.5 Å². The first-order chi connectivity index (χ1) is 12.1. The minimum Gasteiger partial charge on any atom is -0.508 e. The summed E-state index contributed by atoms with van der Waals surface area (Å²) >= 11 is 0. The molecule has 0 aliphatic carbocycles. The van der Waals surface area contributed by atoms with Crippen LogP contribution >= 0.6 is 0 Å². The summed E-state index contributed by atoms with van der Waals surface area (Å²) in [5, 5.41) is 30.6. The number of phenols is 3. The molecule has 0 aromatic heterocycles. The Hall–Kier alpha value is -2.98. The molecule has 0 fully saturated rings. The quantitative estimate of drug-likeness (QED) is 0.571. The fourth-order valence-corrected chi connectivity index (χ4v) is 3.14. The minimum atomic E-state index is -0.547. The molecule has 5 N–H and O–H groups in total. The van der Waals surface area contributed by atoms with Gasteiger partial charge in [0.05, 0.1) is 0 Å². The Balaban J connectivity index is 2.05. The van der Waals surface area contributed by atoms with Crippen molar-refractivity contribution in [1.29, 1.82) is 0 Å². The third-order valence-corrected chi connectivity index (χ3v) is 4.50. The molecule has 2 atom stereocenters. The smallest absolute Gasteiger partial charge is 0.120 e. The predicted octanol–water partition coefficient (Wildman–Crippen LogP) is 3.83. The van der Waals surface area contributed by atoms with Gasteiger partial charge in [-0.1, -0.05) is 54.6 Å². The molecule has 2 unspecified atom stereocenters. The van der Waals surface area contributed by atoms with Gasteiger partial charge >= 0.3 is 0 Å². The zero-order chi connectivity index (χ0) is 17.8. The van der Waals surface area contributed by atoms with Crippen molar-refractivity contribution in [2.75, 3.05) is 0 Å². The van der Waals surface area contributed by atoms with Crippen molar-refractivity contribution in [3.8, 4) is 17.2 Å². The molecule has 3 aromatic rings. The average molecular weight is 335 g/mol. The van der Waals surface area contributed by atoms with E-state index in [1.54, 1.807) is 42.5 Å². The summed E-state index contributed by atoms with van der Waals surface area (Å²) in [7, 11) is 0. The highest BCUT2D eigenvalue weighted by atomic mass is 16.3. The number of hydrogen-bond acceptors (Lipinski definition) is 4. The molecule has 0 aliphatic heterocycles. The van der Waals surface area contributed by atoms with Crippen LogP contribution in [-0.2, 0) is 6.42 Å². The van der Waals surface area contributed by atoms with E-state index < -0.39 is 6.04 Å². The molecule has 0 aliphatic rings. The van der Waals surface area contributed by atoms with Crippen molar-refractivity contribution in [2.45, 2.75) is 18.4 Å². The Morgan fingerprint density at radius 2 is 1.12 bits per heavy atom. The first-order valence-corrected chi connectivity index (χ1v) is 8.16. The van der Waals surface area contributed by atoms with Gasteiger partial charge in [0.25, 0.3) is 0 Å². The van der Waals surface area contributed by atoms with Crippen LogP contribution in [0.25, 0.3) is 0 Å². The van der Waals surface area contributed by atoms with Gasteiger partial charge in [-0.25, -0.2) is 0 Å². The van der Waals surface area contributed by atoms with Crippen molar-refractivity contribution in [3.63, 3.8) is 0 Å². The highest BCUT2D eigenvalue weighted by molar-refractivity contribution is 5.43. The Morgan fingerprint density at radius 3 is 1.68 bits per heavy atom. The Bertz CT molecular complexity index is 863. The largest absolute Gasteiger partial charge is 0.508 e. The molecule has 0 bridgehead atoms. The highest BCUT2D eigenvalue weighted by Gasteiger charge is 2.26. The molecular weight excluding hydrogens is 314 g/mol. The van der Waals surface area contributed by atoms with Gasteiger partial charge in [0.2, 0.25) is 0 Å². The molecular formula is C21H21NO3. The zero-order valence-corrected chi connectivity index (χ0v) is 13.7. The second-order valence-electron chi connectivity index (χ2n) is 6.08. The van der Waals surface area contributed by atoms with Crippen molar-refractivity contribution in [1.82, 2.24) is 0 Å². The second-order valence-corrected chi connectivity index (χ2v) is 6.08. The number of nitrogens with two attached hydrogens (primary N) is 1. The molecule has 0 radical (unpaired) electrons. The molecule has 0 spiro atoms. The molecule has 128 valence electrons. The number of phenolic OH excluding ortho intramolecular Hbond substituents is 3. The maximum atomic E-state index is 10.3. The number of benzene rings is 3. The Kier molecular flexibility index (Phi) is 4.91. The van der Waals surface area contributed by atoms with Crippen molar-refractivity contribution in [3.05, 3.63) is 89.5 Å². The third-order valence-electron chi connectivity index (χ3n) is 4.50. The van der Waals surface area contributed by atoms with E-state index in [9.17, 15) is 15.3 Å². The summed E-state index contributed by atoms with van der Waals surface area (Å²) in [4.78, 5) is 0. The van der Waals surface area contributed by atoms with Crippen LogP contribution in [0.1, 0.15) is 28.7 Å². The fourth-order valence-electron chi connectivity index (χ4n) is 3.14. The van der Waals surface area contributed by atoms with E-state index in [0.29, 0.717) is 17.5 Å². The molecule has 0 heterocycles. The van der Waals surface area contributed by atoms with Crippen LogP contribution < -0.4 is 5.73 Å². The van der Waals surface area contributed by atoms with Crippen LogP contribution in [0.3, 0.4) is 0 Å². The lowest BCUT2D eigenvalue weighted by Gasteiger charge is -2.26. The van der Waals surface area contributed by atoms with E-state index in [4.69, 9.17) is 5.73 Å². The number of rotatable bonds is 5. The lowest BCUT2D eigenvalue weighted by molar-refractivity contribution is 0.426. The van der Waals surface area contributed by atoms with Crippen molar-refractivity contribution >= 4 is 0 Å². The second kappa shape index (κ2) is 7.28.